The van der Waals surface area contributed by atoms with E-state index in [2.05, 4.69) is 9.97 Å². The Morgan fingerprint density at radius 3 is 2.88 bits per heavy atom. The van der Waals surface area contributed by atoms with Crippen LogP contribution in [0, 0.1) is 11.3 Å². The summed E-state index contributed by atoms with van der Waals surface area (Å²) in [6.45, 7) is 2.72. The molecule has 0 spiro atoms. The minimum Gasteiger partial charge on any atom is -0.355 e. The lowest BCUT2D eigenvalue weighted by Crippen LogP contribution is -2.34. The average molecular weight is 225 g/mol. The lowest BCUT2D eigenvalue weighted by Gasteiger charge is -2.28. The summed E-state index contributed by atoms with van der Waals surface area (Å²) in [5.74, 6) is -2.31. The first-order chi connectivity index (χ1) is 7.56. The maximum absolute atomic E-state index is 13.5. The number of rotatable bonds is 1. The zero-order valence-electron chi connectivity index (χ0n) is 9.03. The molecule has 0 N–H and O–H groups in total. The number of anilines is 1. The number of piperidine rings is 1. The maximum atomic E-state index is 13.5. The van der Waals surface area contributed by atoms with Crippen LogP contribution in [0.15, 0.2) is 18.6 Å². The van der Waals surface area contributed by atoms with Gasteiger partial charge in [0.2, 0.25) is 0 Å². The van der Waals surface area contributed by atoms with Crippen molar-refractivity contribution >= 4 is 5.82 Å². The third kappa shape index (κ3) is 1.11. The molecule has 2 atom stereocenters. The molecule has 0 amide bonds. The van der Waals surface area contributed by atoms with E-state index in [1.54, 1.807) is 25.5 Å². The van der Waals surface area contributed by atoms with Gasteiger partial charge in [-0.25, -0.2) is 13.8 Å². The van der Waals surface area contributed by atoms with Crippen molar-refractivity contribution < 1.29 is 8.78 Å². The molecule has 3 nitrogen and oxygen atoms in total. The molecule has 0 aromatic carbocycles. The predicted octanol–water partition coefficient (Wildman–Crippen LogP) is 1.96. The van der Waals surface area contributed by atoms with E-state index in [9.17, 15) is 8.78 Å². The smallest absolute Gasteiger partial charge is 0.259 e. The van der Waals surface area contributed by atoms with Crippen LogP contribution in [-0.4, -0.2) is 29.0 Å². The van der Waals surface area contributed by atoms with Crippen molar-refractivity contribution in [2.75, 3.05) is 18.0 Å². The molecule has 16 heavy (non-hydrogen) atoms. The first-order valence-electron chi connectivity index (χ1n) is 5.44. The summed E-state index contributed by atoms with van der Waals surface area (Å²) in [7, 11) is 0. The van der Waals surface area contributed by atoms with Gasteiger partial charge in [0.1, 0.15) is 5.82 Å². The number of hydrogen-bond donors (Lipinski definition) is 0. The van der Waals surface area contributed by atoms with E-state index < -0.39 is 17.3 Å². The van der Waals surface area contributed by atoms with Crippen molar-refractivity contribution in [1.82, 2.24) is 9.97 Å². The highest BCUT2D eigenvalue weighted by atomic mass is 19.3. The Kier molecular flexibility index (Phi) is 1.80. The molecule has 1 aromatic rings. The lowest BCUT2D eigenvalue weighted by molar-refractivity contribution is 0.0636. The molecule has 0 radical (unpaired) electrons. The van der Waals surface area contributed by atoms with Gasteiger partial charge in [-0.3, -0.25) is 4.98 Å². The largest absolute Gasteiger partial charge is 0.355 e. The quantitative estimate of drug-likeness (QED) is 0.731. The molecule has 3 rings (SSSR count). The van der Waals surface area contributed by atoms with Crippen LogP contribution < -0.4 is 4.90 Å². The fourth-order valence-electron chi connectivity index (χ4n) is 2.67. The molecule has 1 aliphatic carbocycles. The van der Waals surface area contributed by atoms with Crippen LogP contribution in [0.25, 0.3) is 0 Å². The molecule has 1 saturated heterocycles. The molecule has 0 bridgehead atoms. The number of aromatic nitrogens is 2. The number of halogens is 2. The Morgan fingerprint density at radius 2 is 2.25 bits per heavy atom. The summed E-state index contributed by atoms with van der Waals surface area (Å²) in [5.41, 5.74) is -0.772. The second kappa shape index (κ2) is 2.90. The van der Waals surface area contributed by atoms with Gasteiger partial charge >= 0.3 is 0 Å². The van der Waals surface area contributed by atoms with Gasteiger partial charge in [0.25, 0.3) is 5.92 Å². The third-order valence-electron chi connectivity index (χ3n) is 4.06. The van der Waals surface area contributed by atoms with Gasteiger partial charge in [-0.1, -0.05) is 6.92 Å². The van der Waals surface area contributed by atoms with Crippen LogP contribution in [0.3, 0.4) is 0 Å². The molecule has 2 aliphatic rings. The van der Waals surface area contributed by atoms with E-state index in [4.69, 9.17) is 0 Å². The number of alkyl halides is 2. The van der Waals surface area contributed by atoms with Crippen LogP contribution >= 0.6 is 0 Å². The van der Waals surface area contributed by atoms with Crippen LogP contribution in [0.5, 0.6) is 0 Å². The summed E-state index contributed by atoms with van der Waals surface area (Å²) in [5, 5.41) is 0. The summed E-state index contributed by atoms with van der Waals surface area (Å²) >= 11 is 0. The van der Waals surface area contributed by atoms with Crippen LogP contribution in [0.1, 0.15) is 13.3 Å². The Hall–Kier alpha value is -1.26. The second-order valence-electron chi connectivity index (χ2n) is 4.85. The van der Waals surface area contributed by atoms with Gasteiger partial charge < -0.3 is 4.90 Å². The van der Waals surface area contributed by atoms with Crippen molar-refractivity contribution in [3.8, 4) is 0 Å². The normalized spacial score (nSPS) is 35.7. The third-order valence-corrected chi connectivity index (χ3v) is 4.06. The van der Waals surface area contributed by atoms with Gasteiger partial charge in [0, 0.05) is 30.9 Å². The summed E-state index contributed by atoms with van der Waals surface area (Å²) in [6.07, 6.45) is 5.34. The molecule has 1 aromatic heterocycles. The van der Waals surface area contributed by atoms with E-state index in [-0.39, 0.29) is 0 Å². The van der Waals surface area contributed by atoms with E-state index in [1.165, 1.54) is 0 Å². The molecule has 5 heteroatoms. The SMILES string of the molecule is CC12CCN(c3cnccn3)CC1C2(F)F. The highest BCUT2D eigenvalue weighted by Crippen LogP contribution is 2.69. The van der Waals surface area contributed by atoms with Crippen molar-refractivity contribution in [2.45, 2.75) is 19.3 Å². The number of fused-ring (bicyclic) bond motifs is 1. The Bertz CT molecular complexity index is 409. The van der Waals surface area contributed by atoms with Crippen molar-refractivity contribution in [3.05, 3.63) is 18.6 Å². The van der Waals surface area contributed by atoms with Crippen molar-refractivity contribution in [3.63, 3.8) is 0 Å². The minimum absolute atomic E-state index is 0.391. The van der Waals surface area contributed by atoms with Crippen molar-refractivity contribution in [1.29, 1.82) is 0 Å². The summed E-state index contributed by atoms with van der Waals surface area (Å²) in [6, 6.07) is 0. The Balaban J connectivity index is 1.80. The summed E-state index contributed by atoms with van der Waals surface area (Å²) in [4.78, 5) is 10.0. The number of hydrogen-bond acceptors (Lipinski definition) is 3. The fraction of sp³-hybridized carbons (Fsp3) is 0.636. The molecular formula is C11H13F2N3. The van der Waals surface area contributed by atoms with Gasteiger partial charge in [0.15, 0.2) is 0 Å². The Morgan fingerprint density at radius 1 is 1.44 bits per heavy atom. The molecule has 2 fully saturated rings. The predicted molar refractivity (Wildman–Crippen MR) is 55.4 cm³/mol. The van der Waals surface area contributed by atoms with Gasteiger partial charge in [-0.15, -0.1) is 0 Å². The van der Waals surface area contributed by atoms with Crippen molar-refractivity contribution in [2.24, 2.45) is 11.3 Å². The molecule has 2 heterocycles. The molecule has 1 aliphatic heterocycles. The fourth-order valence-corrected chi connectivity index (χ4v) is 2.67. The zero-order chi connectivity index (χ0) is 11.4. The highest BCUT2D eigenvalue weighted by molar-refractivity contribution is 5.39. The van der Waals surface area contributed by atoms with E-state index in [0.29, 0.717) is 25.3 Å². The first-order valence-corrected chi connectivity index (χ1v) is 5.44. The van der Waals surface area contributed by atoms with Crippen LogP contribution in [0.4, 0.5) is 14.6 Å². The second-order valence-corrected chi connectivity index (χ2v) is 4.85. The van der Waals surface area contributed by atoms with Gasteiger partial charge in [-0.2, -0.15) is 0 Å². The van der Waals surface area contributed by atoms with E-state index >= 15 is 0 Å². The van der Waals surface area contributed by atoms with Crippen LogP contribution in [0.2, 0.25) is 0 Å². The minimum atomic E-state index is -2.50. The molecular weight excluding hydrogens is 212 g/mol. The lowest BCUT2D eigenvalue weighted by atomic mass is 9.97. The standard InChI is InChI=1S/C11H13F2N3/c1-10-2-5-16(7-8(10)11(10,12)13)9-6-14-3-4-15-9/h3-4,6,8H,2,5,7H2,1H3. The molecule has 1 saturated carbocycles. The number of nitrogens with zero attached hydrogens (tertiary/aromatic N) is 3. The molecule has 2 unspecified atom stereocenters. The topological polar surface area (TPSA) is 29.0 Å². The average Bonchev–Trinajstić information content (AvgIpc) is 2.74. The molecule has 86 valence electrons. The summed E-state index contributed by atoms with van der Waals surface area (Å²) < 4.78 is 27.0. The maximum Gasteiger partial charge on any atom is 0.259 e. The zero-order valence-corrected chi connectivity index (χ0v) is 9.03. The highest BCUT2D eigenvalue weighted by Gasteiger charge is 2.78. The van der Waals surface area contributed by atoms with E-state index in [1.807, 2.05) is 4.90 Å². The van der Waals surface area contributed by atoms with Gasteiger partial charge in [0.05, 0.1) is 12.1 Å². The van der Waals surface area contributed by atoms with E-state index in [0.717, 1.165) is 0 Å². The Labute approximate surface area is 92.5 Å². The first kappa shape index (κ1) is 9.93. The monoisotopic (exact) mass is 225 g/mol. The van der Waals surface area contributed by atoms with Crippen LogP contribution in [-0.2, 0) is 0 Å². The van der Waals surface area contributed by atoms with Gasteiger partial charge in [-0.05, 0) is 6.42 Å².